The van der Waals surface area contributed by atoms with Crippen LogP contribution in [-0.2, 0) is 11.2 Å². The largest absolute Gasteiger partial charge is 0.325 e. The van der Waals surface area contributed by atoms with Gasteiger partial charge in [0.1, 0.15) is 0 Å². The molecular weight excluding hydrogens is 272 g/mol. The molecule has 0 bridgehead atoms. The standard InChI is InChI=1S/C16H25ClN2O/c1-11(2)19(12(3)4)9-8-14-6-7-16(15(17)10-14)18-13(5)20/h6-7,10-12H,8-9H2,1-5H3,(H,18,20). The van der Waals surface area contributed by atoms with Gasteiger partial charge >= 0.3 is 0 Å². The van der Waals surface area contributed by atoms with Crippen molar-refractivity contribution < 1.29 is 4.79 Å². The molecule has 4 heteroatoms. The van der Waals surface area contributed by atoms with Crippen LogP contribution in [0.4, 0.5) is 5.69 Å². The number of carbonyl (C=O) groups excluding carboxylic acids is 1. The molecule has 112 valence electrons. The zero-order valence-electron chi connectivity index (χ0n) is 13.0. The maximum absolute atomic E-state index is 11.0. The van der Waals surface area contributed by atoms with E-state index in [2.05, 4.69) is 37.9 Å². The molecule has 0 spiro atoms. The summed E-state index contributed by atoms with van der Waals surface area (Å²) in [5.41, 5.74) is 1.86. The lowest BCUT2D eigenvalue weighted by atomic mass is 10.1. The Morgan fingerprint density at radius 2 is 1.85 bits per heavy atom. The van der Waals surface area contributed by atoms with E-state index in [1.165, 1.54) is 12.5 Å². The third-order valence-electron chi connectivity index (χ3n) is 3.33. The molecule has 1 amide bonds. The zero-order chi connectivity index (χ0) is 15.3. The van der Waals surface area contributed by atoms with Crippen LogP contribution in [0.3, 0.4) is 0 Å². The van der Waals surface area contributed by atoms with Gasteiger partial charge in [-0.3, -0.25) is 9.69 Å². The fourth-order valence-corrected chi connectivity index (χ4v) is 2.63. The SMILES string of the molecule is CC(=O)Nc1ccc(CCN(C(C)C)C(C)C)cc1Cl. The number of halogens is 1. The Labute approximate surface area is 127 Å². The summed E-state index contributed by atoms with van der Waals surface area (Å²) >= 11 is 6.19. The molecule has 1 N–H and O–H groups in total. The van der Waals surface area contributed by atoms with Crippen molar-refractivity contribution in [2.75, 3.05) is 11.9 Å². The Morgan fingerprint density at radius 1 is 1.25 bits per heavy atom. The van der Waals surface area contributed by atoms with Crippen molar-refractivity contribution in [3.8, 4) is 0 Å². The molecule has 0 aliphatic carbocycles. The predicted molar refractivity (Wildman–Crippen MR) is 86.4 cm³/mol. The number of anilines is 1. The Balaban J connectivity index is 2.69. The van der Waals surface area contributed by atoms with Gasteiger partial charge in [0.05, 0.1) is 10.7 Å². The van der Waals surface area contributed by atoms with Gasteiger partial charge in [0.2, 0.25) is 5.91 Å². The molecule has 1 rings (SSSR count). The number of hydrogen-bond donors (Lipinski definition) is 1. The average molecular weight is 297 g/mol. The number of carbonyl (C=O) groups is 1. The molecule has 0 aromatic heterocycles. The van der Waals surface area contributed by atoms with Crippen molar-refractivity contribution >= 4 is 23.2 Å². The summed E-state index contributed by atoms with van der Waals surface area (Å²) in [4.78, 5) is 13.5. The summed E-state index contributed by atoms with van der Waals surface area (Å²) in [5, 5.41) is 3.32. The van der Waals surface area contributed by atoms with Crippen LogP contribution in [0.1, 0.15) is 40.2 Å². The highest BCUT2D eigenvalue weighted by Gasteiger charge is 2.13. The Kier molecular flexibility index (Phi) is 6.50. The Hall–Kier alpha value is -1.06. The molecule has 0 radical (unpaired) electrons. The second kappa shape index (κ2) is 7.65. The first kappa shape index (κ1) is 17.0. The van der Waals surface area contributed by atoms with Gasteiger partial charge in [-0.15, -0.1) is 0 Å². The minimum absolute atomic E-state index is 0.106. The Morgan fingerprint density at radius 3 is 2.30 bits per heavy atom. The van der Waals surface area contributed by atoms with Crippen molar-refractivity contribution in [1.82, 2.24) is 4.90 Å². The highest BCUT2D eigenvalue weighted by Crippen LogP contribution is 2.23. The van der Waals surface area contributed by atoms with E-state index in [-0.39, 0.29) is 5.91 Å². The molecule has 0 aliphatic heterocycles. The van der Waals surface area contributed by atoms with E-state index in [1.54, 1.807) is 0 Å². The highest BCUT2D eigenvalue weighted by molar-refractivity contribution is 6.33. The molecule has 1 aromatic rings. The Bertz CT molecular complexity index is 450. The van der Waals surface area contributed by atoms with E-state index in [4.69, 9.17) is 11.6 Å². The van der Waals surface area contributed by atoms with Crippen LogP contribution in [0.5, 0.6) is 0 Å². The first-order valence-corrected chi connectivity index (χ1v) is 7.50. The third kappa shape index (κ3) is 5.14. The van der Waals surface area contributed by atoms with E-state index in [1.807, 2.05) is 18.2 Å². The topological polar surface area (TPSA) is 32.3 Å². The normalized spacial score (nSPS) is 11.4. The maximum Gasteiger partial charge on any atom is 0.221 e. The summed E-state index contributed by atoms with van der Waals surface area (Å²) in [6.45, 7) is 11.3. The first-order valence-electron chi connectivity index (χ1n) is 7.13. The van der Waals surface area contributed by atoms with Crippen LogP contribution in [0, 0.1) is 0 Å². The minimum Gasteiger partial charge on any atom is -0.325 e. The summed E-state index contributed by atoms with van der Waals surface area (Å²) in [7, 11) is 0. The lowest BCUT2D eigenvalue weighted by Gasteiger charge is -2.30. The van der Waals surface area contributed by atoms with Crippen LogP contribution in [-0.4, -0.2) is 29.4 Å². The van der Waals surface area contributed by atoms with E-state index in [0.717, 1.165) is 13.0 Å². The van der Waals surface area contributed by atoms with E-state index in [9.17, 15) is 4.79 Å². The minimum atomic E-state index is -0.106. The maximum atomic E-state index is 11.0. The number of amides is 1. The van der Waals surface area contributed by atoms with E-state index < -0.39 is 0 Å². The van der Waals surface area contributed by atoms with Crippen molar-refractivity contribution in [2.45, 2.75) is 53.1 Å². The van der Waals surface area contributed by atoms with Crippen LogP contribution in [0.2, 0.25) is 5.02 Å². The second-order valence-electron chi connectivity index (χ2n) is 5.67. The molecule has 1 aromatic carbocycles. The van der Waals surface area contributed by atoms with Gasteiger partial charge in [-0.25, -0.2) is 0 Å². The molecule has 0 saturated heterocycles. The molecular formula is C16H25ClN2O. The molecule has 20 heavy (non-hydrogen) atoms. The number of hydrogen-bond acceptors (Lipinski definition) is 2. The lowest BCUT2D eigenvalue weighted by molar-refractivity contribution is -0.114. The molecule has 0 unspecified atom stereocenters. The molecule has 0 atom stereocenters. The third-order valence-corrected chi connectivity index (χ3v) is 3.64. The zero-order valence-corrected chi connectivity index (χ0v) is 13.8. The number of nitrogens with zero attached hydrogens (tertiary/aromatic N) is 1. The molecule has 0 heterocycles. The van der Waals surface area contributed by atoms with Crippen molar-refractivity contribution in [2.24, 2.45) is 0 Å². The quantitative estimate of drug-likeness (QED) is 0.862. The first-order chi connectivity index (χ1) is 9.31. The highest BCUT2D eigenvalue weighted by atomic mass is 35.5. The van der Waals surface area contributed by atoms with Gasteiger partial charge in [-0.1, -0.05) is 17.7 Å². The molecule has 3 nitrogen and oxygen atoms in total. The monoisotopic (exact) mass is 296 g/mol. The van der Waals surface area contributed by atoms with Gasteiger partial charge in [-0.2, -0.15) is 0 Å². The van der Waals surface area contributed by atoms with Crippen LogP contribution in [0.25, 0.3) is 0 Å². The smallest absolute Gasteiger partial charge is 0.221 e. The van der Waals surface area contributed by atoms with Gasteiger partial charge < -0.3 is 5.32 Å². The molecule has 0 saturated carbocycles. The van der Waals surface area contributed by atoms with Crippen LogP contribution < -0.4 is 5.32 Å². The number of nitrogens with one attached hydrogen (secondary N) is 1. The van der Waals surface area contributed by atoms with Crippen LogP contribution >= 0.6 is 11.6 Å². The second-order valence-corrected chi connectivity index (χ2v) is 6.08. The number of rotatable bonds is 6. The van der Waals surface area contributed by atoms with Gasteiger partial charge in [0.15, 0.2) is 0 Å². The fourth-order valence-electron chi connectivity index (χ4n) is 2.38. The van der Waals surface area contributed by atoms with Crippen molar-refractivity contribution in [1.29, 1.82) is 0 Å². The molecule has 0 fully saturated rings. The van der Waals surface area contributed by atoms with E-state index >= 15 is 0 Å². The van der Waals surface area contributed by atoms with Gasteiger partial charge in [-0.05, 0) is 51.8 Å². The van der Waals surface area contributed by atoms with Gasteiger partial charge in [0, 0.05) is 25.6 Å². The van der Waals surface area contributed by atoms with Gasteiger partial charge in [0.25, 0.3) is 0 Å². The van der Waals surface area contributed by atoms with Crippen molar-refractivity contribution in [3.05, 3.63) is 28.8 Å². The molecule has 0 aliphatic rings. The summed E-state index contributed by atoms with van der Waals surface area (Å²) in [6.07, 6.45) is 0.955. The van der Waals surface area contributed by atoms with E-state index in [0.29, 0.717) is 22.8 Å². The summed E-state index contributed by atoms with van der Waals surface area (Å²) in [6, 6.07) is 6.89. The predicted octanol–water partition coefficient (Wildman–Crippen LogP) is 3.96. The van der Waals surface area contributed by atoms with Crippen molar-refractivity contribution in [3.63, 3.8) is 0 Å². The summed E-state index contributed by atoms with van der Waals surface area (Å²) < 4.78 is 0. The average Bonchev–Trinajstić information content (AvgIpc) is 2.31. The summed E-state index contributed by atoms with van der Waals surface area (Å²) in [5.74, 6) is -0.106. The fraction of sp³-hybridized carbons (Fsp3) is 0.562. The van der Waals surface area contributed by atoms with Crippen LogP contribution in [0.15, 0.2) is 18.2 Å². The number of benzene rings is 1. The lowest BCUT2D eigenvalue weighted by Crippen LogP contribution is -2.38.